The molecule has 4 nitrogen and oxygen atoms in total. The van der Waals surface area contributed by atoms with Crippen LogP contribution < -0.4 is 0 Å². The highest BCUT2D eigenvalue weighted by Crippen LogP contribution is 2.31. The molecular formula is C15H16N2O2. The van der Waals surface area contributed by atoms with Gasteiger partial charge in [-0.1, -0.05) is 19.1 Å². The second-order valence-electron chi connectivity index (χ2n) is 4.85. The van der Waals surface area contributed by atoms with E-state index in [0.717, 1.165) is 11.1 Å². The van der Waals surface area contributed by atoms with Gasteiger partial charge in [0.2, 0.25) is 0 Å². The number of amides is 2. The summed E-state index contributed by atoms with van der Waals surface area (Å²) >= 11 is 0. The normalized spacial score (nSPS) is 15.4. The van der Waals surface area contributed by atoms with Crippen molar-refractivity contribution in [3.63, 3.8) is 0 Å². The van der Waals surface area contributed by atoms with Crippen molar-refractivity contribution in [2.45, 2.75) is 39.7 Å². The molecule has 19 heavy (non-hydrogen) atoms. The van der Waals surface area contributed by atoms with Crippen LogP contribution in [0.15, 0.2) is 12.1 Å². The first-order valence-electron chi connectivity index (χ1n) is 6.38. The monoisotopic (exact) mass is 256 g/mol. The van der Waals surface area contributed by atoms with Gasteiger partial charge < -0.3 is 0 Å². The molecule has 1 aliphatic rings. The number of benzene rings is 1. The van der Waals surface area contributed by atoms with Crippen molar-refractivity contribution in [2.24, 2.45) is 0 Å². The van der Waals surface area contributed by atoms with E-state index in [9.17, 15) is 9.59 Å². The fraction of sp³-hybridized carbons (Fsp3) is 0.400. The molecule has 0 bridgehead atoms. The van der Waals surface area contributed by atoms with Gasteiger partial charge in [0.25, 0.3) is 11.8 Å². The van der Waals surface area contributed by atoms with Gasteiger partial charge in [-0.05, 0) is 31.4 Å². The third-order valence-corrected chi connectivity index (χ3v) is 3.65. The van der Waals surface area contributed by atoms with Crippen molar-refractivity contribution in [3.05, 3.63) is 34.4 Å². The van der Waals surface area contributed by atoms with Crippen molar-refractivity contribution in [1.29, 1.82) is 5.26 Å². The van der Waals surface area contributed by atoms with Crippen molar-refractivity contribution < 1.29 is 9.59 Å². The number of fused-ring (bicyclic) bond motifs is 1. The first kappa shape index (κ1) is 13.3. The van der Waals surface area contributed by atoms with E-state index in [1.165, 1.54) is 4.90 Å². The molecule has 0 N–H and O–H groups in total. The van der Waals surface area contributed by atoms with E-state index in [1.54, 1.807) is 0 Å². The number of hydrogen-bond acceptors (Lipinski definition) is 3. The average Bonchev–Trinajstić information content (AvgIpc) is 2.65. The molecule has 0 spiro atoms. The molecule has 2 rings (SSSR count). The lowest BCUT2D eigenvalue weighted by Crippen LogP contribution is -2.39. The zero-order valence-electron chi connectivity index (χ0n) is 11.4. The molecule has 1 atom stereocenters. The molecule has 1 heterocycles. The minimum absolute atomic E-state index is 0.181. The minimum Gasteiger partial charge on any atom is -0.270 e. The van der Waals surface area contributed by atoms with Crippen LogP contribution in [0.25, 0.3) is 0 Å². The molecule has 0 fully saturated rings. The van der Waals surface area contributed by atoms with Crippen molar-refractivity contribution in [1.82, 2.24) is 4.90 Å². The Balaban J connectivity index is 2.53. The maximum atomic E-state index is 12.5. The molecule has 98 valence electrons. The summed E-state index contributed by atoms with van der Waals surface area (Å²) in [6.45, 7) is 5.54. The fourth-order valence-electron chi connectivity index (χ4n) is 2.55. The van der Waals surface area contributed by atoms with E-state index in [1.807, 2.05) is 39.0 Å². The standard InChI is InChI=1S/C15H16N2O2/c1-4-11(7-8-16)17-14(18)12-9(2)5-6-10(3)13(12)15(17)19/h5-6,11H,4,7H2,1-3H3. The van der Waals surface area contributed by atoms with Crippen LogP contribution in [0.4, 0.5) is 0 Å². The summed E-state index contributed by atoms with van der Waals surface area (Å²) in [5.41, 5.74) is 2.63. The van der Waals surface area contributed by atoms with Crippen molar-refractivity contribution in [3.8, 4) is 6.07 Å². The Morgan fingerprint density at radius 1 is 1.16 bits per heavy atom. The summed E-state index contributed by atoms with van der Waals surface area (Å²) in [4.78, 5) is 26.2. The average molecular weight is 256 g/mol. The van der Waals surface area contributed by atoms with Gasteiger partial charge in [-0.3, -0.25) is 14.5 Å². The molecule has 0 saturated heterocycles. The largest absolute Gasteiger partial charge is 0.270 e. The van der Waals surface area contributed by atoms with Crippen LogP contribution in [0.3, 0.4) is 0 Å². The molecule has 1 aromatic rings. The van der Waals surface area contributed by atoms with Gasteiger partial charge in [-0.25, -0.2) is 0 Å². The van der Waals surface area contributed by atoms with Crippen LogP contribution in [0, 0.1) is 25.2 Å². The lowest BCUT2D eigenvalue weighted by Gasteiger charge is -2.22. The number of carbonyl (C=O) groups excluding carboxylic acids is 2. The Kier molecular flexibility index (Phi) is 3.39. The number of carbonyl (C=O) groups is 2. The Morgan fingerprint density at radius 2 is 1.63 bits per heavy atom. The van der Waals surface area contributed by atoms with Crippen LogP contribution in [0.1, 0.15) is 51.6 Å². The number of rotatable bonds is 3. The Hall–Kier alpha value is -2.15. The summed E-state index contributed by atoms with van der Waals surface area (Å²) in [5, 5.41) is 8.83. The van der Waals surface area contributed by atoms with Gasteiger partial charge in [0.1, 0.15) is 0 Å². The first-order valence-corrected chi connectivity index (χ1v) is 6.38. The molecule has 1 aliphatic heterocycles. The molecule has 0 saturated carbocycles. The lowest BCUT2D eigenvalue weighted by molar-refractivity contribution is 0.0582. The quantitative estimate of drug-likeness (QED) is 0.781. The lowest BCUT2D eigenvalue weighted by atomic mass is 9.99. The van der Waals surface area contributed by atoms with Crippen LogP contribution in [-0.2, 0) is 0 Å². The summed E-state index contributed by atoms with van der Waals surface area (Å²) in [7, 11) is 0. The zero-order chi connectivity index (χ0) is 14.2. The molecule has 1 aromatic carbocycles. The van der Waals surface area contributed by atoms with Crippen molar-refractivity contribution >= 4 is 11.8 Å². The van der Waals surface area contributed by atoms with Crippen LogP contribution in [0.5, 0.6) is 0 Å². The number of nitrogens with zero attached hydrogens (tertiary/aromatic N) is 2. The van der Waals surface area contributed by atoms with Gasteiger partial charge in [0.15, 0.2) is 0 Å². The van der Waals surface area contributed by atoms with Gasteiger partial charge in [-0.15, -0.1) is 0 Å². The molecule has 0 aromatic heterocycles. The van der Waals surface area contributed by atoms with Crippen LogP contribution in [0.2, 0.25) is 0 Å². The second-order valence-corrected chi connectivity index (χ2v) is 4.85. The topological polar surface area (TPSA) is 61.2 Å². The predicted octanol–water partition coefficient (Wildman–Crippen LogP) is 2.59. The van der Waals surface area contributed by atoms with E-state index < -0.39 is 0 Å². The van der Waals surface area contributed by atoms with E-state index >= 15 is 0 Å². The molecule has 0 radical (unpaired) electrons. The summed E-state index contributed by atoms with van der Waals surface area (Å²) in [6.07, 6.45) is 0.775. The highest BCUT2D eigenvalue weighted by Gasteiger charge is 2.41. The number of hydrogen-bond donors (Lipinski definition) is 0. The van der Waals surface area contributed by atoms with Crippen molar-refractivity contribution in [2.75, 3.05) is 0 Å². The zero-order valence-corrected chi connectivity index (χ0v) is 11.4. The molecule has 4 heteroatoms. The van der Waals surface area contributed by atoms with Crippen LogP contribution >= 0.6 is 0 Å². The van der Waals surface area contributed by atoms with Gasteiger partial charge in [0.05, 0.1) is 29.7 Å². The molecular weight excluding hydrogens is 240 g/mol. The second kappa shape index (κ2) is 4.85. The van der Waals surface area contributed by atoms with Crippen LogP contribution in [-0.4, -0.2) is 22.8 Å². The number of aryl methyl sites for hydroxylation is 2. The first-order chi connectivity index (χ1) is 9.02. The van der Waals surface area contributed by atoms with Gasteiger partial charge in [0, 0.05) is 0 Å². The summed E-state index contributed by atoms with van der Waals surface area (Å²) in [5.74, 6) is -0.522. The SMILES string of the molecule is CCC(CC#N)N1C(=O)c2c(C)ccc(C)c2C1=O. The molecule has 1 unspecified atom stereocenters. The Labute approximate surface area is 112 Å². The molecule has 0 aliphatic carbocycles. The van der Waals surface area contributed by atoms with Gasteiger partial charge >= 0.3 is 0 Å². The number of nitriles is 1. The number of imide groups is 1. The predicted molar refractivity (Wildman–Crippen MR) is 70.7 cm³/mol. The highest BCUT2D eigenvalue weighted by atomic mass is 16.2. The third-order valence-electron chi connectivity index (χ3n) is 3.65. The maximum absolute atomic E-state index is 12.5. The van der Waals surface area contributed by atoms with Gasteiger partial charge in [-0.2, -0.15) is 5.26 Å². The summed E-state index contributed by atoms with van der Waals surface area (Å²) in [6, 6.07) is 5.42. The maximum Gasteiger partial charge on any atom is 0.262 e. The summed E-state index contributed by atoms with van der Waals surface area (Å²) < 4.78 is 0. The van der Waals surface area contributed by atoms with E-state index in [-0.39, 0.29) is 24.3 Å². The Bertz CT molecular complexity index is 558. The smallest absolute Gasteiger partial charge is 0.262 e. The van der Waals surface area contributed by atoms with E-state index in [4.69, 9.17) is 5.26 Å². The Morgan fingerprint density at radius 3 is 2.00 bits per heavy atom. The van der Waals surface area contributed by atoms with E-state index in [0.29, 0.717) is 17.5 Å². The fourth-order valence-corrected chi connectivity index (χ4v) is 2.55. The highest BCUT2D eigenvalue weighted by molar-refractivity contribution is 6.22. The van der Waals surface area contributed by atoms with E-state index in [2.05, 4.69) is 0 Å². The molecule has 2 amide bonds. The third kappa shape index (κ3) is 1.91. The minimum atomic E-state index is -0.337.